The standard InChI is InChI=1S/C8H18N2O2/c1-3-7(2)12-8-6-9-4-5-10(8)11/h7-9,11H,3-6H2,1-2H3. The molecule has 1 rings (SSSR count). The van der Waals surface area contributed by atoms with E-state index in [2.05, 4.69) is 12.2 Å². The molecule has 0 saturated carbocycles. The lowest BCUT2D eigenvalue weighted by molar-refractivity contribution is -0.235. The van der Waals surface area contributed by atoms with Gasteiger partial charge < -0.3 is 15.3 Å². The number of hydrogen-bond donors (Lipinski definition) is 2. The Balaban J connectivity index is 2.28. The van der Waals surface area contributed by atoms with Gasteiger partial charge in [0.05, 0.1) is 6.10 Å². The van der Waals surface area contributed by atoms with Gasteiger partial charge in [-0.15, -0.1) is 0 Å². The Kier molecular flexibility index (Phi) is 3.94. The maximum absolute atomic E-state index is 9.38. The normalized spacial score (nSPS) is 28.8. The highest BCUT2D eigenvalue weighted by Gasteiger charge is 2.22. The first-order valence-electron chi connectivity index (χ1n) is 4.55. The van der Waals surface area contributed by atoms with Crippen molar-refractivity contribution >= 4 is 0 Å². The Morgan fingerprint density at radius 3 is 3.08 bits per heavy atom. The molecule has 0 radical (unpaired) electrons. The molecular weight excluding hydrogens is 156 g/mol. The van der Waals surface area contributed by atoms with Crippen LogP contribution in [0, 0.1) is 0 Å². The van der Waals surface area contributed by atoms with Gasteiger partial charge in [-0.05, 0) is 13.3 Å². The van der Waals surface area contributed by atoms with Crippen molar-refractivity contribution in [3.05, 3.63) is 0 Å². The van der Waals surface area contributed by atoms with Crippen molar-refractivity contribution in [3.8, 4) is 0 Å². The van der Waals surface area contributed by atoms with Crippen LogP contribution in [0.2, 0.25) is 0 Å². The van der Waals surface area contributed by atoms with E-state index in [1.807, 2.05) is 6.92 Å². The number of rotatable bonds is 3. The number of nitrogens with one attached hydrogen (secondary N) is 1. The number of hydroxylamine groups is 2. The van der Waals surface area contributed by atoms with Crippen LogP contribution >= 0.6 is 0 Å². The van der Waals surface area contributed by atoms with Crippen LogP contribution in [0.15, 0.2) is 0 Å². The molecule has 12 heavy (non-hydrogen) atoms. The van der Waals surface area contributed by atoms with Crippen LogP contribution in [0.3, 0.4) is 0 Å². The van der Waals surface area contributed by atoms with Crippen molar-refractivity contribution in [1.29, 1.82) is 0 Å². The predicted molar refractivity (Wildman–Crippen MR) is 46.0 cm³/mol. The highest BCUT2D eigenvalue weighted by Crippen LogP contribution is 2.06. The molecule has 1 heterocycles. The summed E-state index contributed by atoms with van der Waals surface area (Å²) in [7, 11) is 0. The molecule has 4 nitrogen and oxygen atoms in total. The van der Waals surface area contributed by atoms with Gasteiger partial charge in [-0.3, -0.25) is 0 Å². The largest absolute Gasteiger partial charge is 0.357 e. The molecule has 2 atom stereocenters. The Morgan fingerprint density at radius 2 is 2.50 bits per heavy atom. The molecule has 1 aliphatic rings. The molecule has 1 saturated heterocycles. The zero-order chi connectivity index (χ0) is 8.97. The Labute approximate surface area is 73.5 Å². The predicted octanol–water partition coefficient (Wildman–Crippen LogP) is 0.422. The first kappa shape index (κ1) is 9.92. The summed E-state index contributed by atoms with van der Waals surface area (Å²) in [6.07, 6.45) is 1.02. The lowest BCUT2D eigenvalue weighted by Crippen LogP contribution is -2.51. The molecule has 0 aromatic heterocycles. The van der Waals surface area contributed by atoms with Gasteiger partial charge in [0.1, 0.15) is 6.23 Å². The number of hydrogen-bond acceptors (Lipinski definition) is 4. The average Bonchev–Trinajstić information content (AvgIpc) is 2.09. The second kappa shape index (κ2) is 4.77. The summed E-state index contributed by atoms with van der Waals surface area (Å²) >= 11 is 0. The summed E-state index contributed by atoms with van der Waals surface area (Å²) in [6.45, 7) is 6.27. The molecule has 2 unspecified atom stereocenters. The lowest BCUT2D eigenvalue weighted by Gasteiger charge is -2.32. The van der Waals surface area contributed by atoms with E-state index in [0.29, 0.717) is 13.1 Å². The Bertz CT molecular complexity index is 132. The summed E-state index contributed by atoms with van der Waals surface area (Å²) in [6, 6.07) is 0. The van der Waals surface area contributed by atoms with Gasteiger partial charge in [-0.2, -0.15) is 5.06 Å². The van der Waals surface area contributed by atoms with Crippen LogP contribution in [0.25, 0.3) is 0 Å². The SMILES string of the molecule is CCC(C)OC1CNCCN1O. The van der Waals surface area contributed by atoms with Crippen LogP contribution in [-0.2, 0) is 4.74 Å². The summed E-state index contributed by atoms with van der Waals surface area (Å²) in [5.41, 5.74) is 0. The minimum Gasteiger partial charge on any atom is -0.357 e. The molecule has 1 aliphatic heterocycles. The van der Waals surface area contributed by atoms with E-state index >= 15 is 0 Å². The van der Waals surface area contributed by atoms with Crippen molar-refractivity contribution in [1.82, 2.24) is 10.4 Å². The third kappa shape index (κ3) is 2.71. The second-order valence-corrected chi connectivity index (χ2v) is 3.18. The maximum Gasteiger partial charge on any atom is 0.145 e. The lowest BCUT2D eigenvalue weighted by atomic mass is 10.3. The fourth-order valence-electron chi connectivity index (χ4n) is 1.15. The van der Waals surface area contributed by atoms with Crippen LogP contribution in [-0.4, -0.2) is 42.2 Å². The van der Waals surface area contributed by atoms with E-state index in [9.17, 15) is 5.21 Å². The van der Waals surface area contributed by atoms with E-state index in [4.69, 9.17) is 4.74 Å². The fourth-order valence-corrected chi connectivity index (χ4v) is 1.15. The van der Waals surface area contributed by atoms with Crippen LogP contribution in [0.1, 0.15) is 20.3 Å². The summed E-state index contributed by atoms with van der Waals surface area (Å²) in [5.74, 6) is 0. The molecule has 4 heteroatoms. The van der Waals surface area contributed by atoms with Gasteiger partial charge in [-0.1, -0.05) is 6.92 Å². The monoisotopic (exact) mass is 174 g/mol. The zero-order valence-corrected chi connectivity index (χ0v) is 7.79. The van der Waals surface area contributed by atoms with Gasteiger partial charge in [0.25, 0.3) is 0 Å². The van der Waals surface area contributed by atoms with Gasteiger partial charge in [0, 0.05) is 19.6 Å². The van der Waals surface area contributed by atoms with Crippen LogP contribution in [0.4, 0.5) is 0 Å². The average molecular weight is 174 g/mol. The molecule has 0 aromatic carbocycles. The fraction of sp³-hybridized carbons (Fsp3) is 1.00. The van der Waals surface area contributed by atoms with Crippen molar-refractivity contribution in [2.24, 2.45) is 0 Å². The first-order valence-corrected chi connectivity index (χ1v) is 4.55. The smallest absolute Gasteiger partial charge is 0.145 e. The van der Waals surface area contributed by atoms with E-state index < -0.39 is 0 Å². The molecule has 0 bridgehead atoms. The molecule has 0 aromatic rings. The molecule has 0 aliphatic carbocycles. The third-order valence-corrected chi connectivity index (χ3v) is 2.13. The molecular formula is C8H18N2O2. The minimum atomic E-state index is -0.173. The molecule has 0 amide bonds. The number of piperazine rings is 1. The van der Waals surface area contributed by atoms with Crippen molar-refractivity contribution < 1.29 is 9.94 Å². The van der Waals surface area contributed by atoms with E-state index in [1.165, 1.54) is 5.06 Å². The quantitative estimate of drug-likeness (QED) is 0.651. The van der Waals surface area contributed by atoms with Gasteiger partial charge in [-0.25, -0.2) is 0 Å². The summed E-state index contributed by atoms with van der Waals surface area (Å²) in [4.78, 5) is 0. The van der Waals surface area contributed by atoms with E-state index in [0.717, 1.165) is 13.0 Å². The third-order valence-electron chi connectivity index (χ3n) is 2.13. The van der Waals surface area contributed by atoms with Crippen molar-refractivity contribution in [2.45, 2.75) is 32.6 Å². The van der Waals surface area contributed by atoms with Crippen molar-refractivity contribution in [3.63, 3.8) is 0 Å². The molecule has 1 fully saturated rings. The minimum absolute atomic E-state index is 0.173. The zero-order valence-electron chi connectivity index (χ0n) is 7.79. The second-order valence-electron chi connectivity index (χ2n) is 3.18. The number of ether oxygens (including phenoxy) is 1. The first-order chi connectivity index (χ1) is 5.74. The van der Waals surface area contributed by atoms with Gasteiger partial charge >= 0.3 is 0 Å². The van der Waals surface area contributed by atoms with Crippen LogP contribution in [0.5, 0.6) is 0 Å². The van der Waals surface area contributed by atoms with E-state index in [1.54, 1.807) is 0 Å². The molecule has 0 spiro atoms. The van der Waals surface area contributed by atoms with Gasteiger partial charge in [0.2, 0.25) is 0 Å². The topological polar surface area (TPSA) is 44.7 Å². The molecule has 72 valence electrons. The number of nitrogens with zero attached hydrogens (tertiary/aromatic N) is 1. The van der Waals surface area contributed by atoms with E-state index in [-0.39, 0.29) is 12.3 Å². The highest BCUT2D eigenvalue weighted by atomic mass is 16.6. The maximum atomic E-state index is 9.38. The summed E-state index contributed by atoms with van der Waals surface area (Å²) < 4.78 is 5.57. The highest BCUT2D eigenvalue weighted by molar-refractivity contribution is 4.67. The van der Waals surface area contributed by atoms with Gasteiger partial charge in [0.15, 0.2) is 0 Å². The van der Waals surface area contributed by atoms with Crippen molar-refractivity contribution in [2.75, 3.05) is 19.6 Å². The molecule has 2 N–H and O–H groups in total. The Morgan fingerprint density at radius 1 is 1.75 bits per heavy atom. The Hall–Kier alpha value is -0.160. The summed E-state index contributed by atoms with van der Waals surface area (Å²) in [5, 5.41) is 13.8. The van der Waals surface area contributed by atoms with Crippen LogP contribution < -0.4 is 5.32 Å².